The average molecular weight is 293 g/mol. The molecule has 1 aliphatic heterocycles. The van der Waals surface area contributed by atoms with E-state index in [1.54, 1.807) is 0 Å². The van der Waals surface area contributed by atoms with Crippen molar-refractivity contribution in [2.24, 2.45) is 0 Å². The van der Waals surface area contributed by atoms with Gasteiger partial charge in [0.15, 0.2) is 0 Å². The largest absolute Gasteiger partial charge is 0.506 e. The first kappa shape index (κ1) is 15.1. The first-order valence-electron chi connectivity index (χ1n) is 6.78. The van der Waals surface area contributed by atoms with Gasteiger partial charge >= 0.3 is 12.0 Å². The Balaban J connectivity index is 1.92. The van der Waals surface area contributed by atoms with Crippen molar-refractivity contribution in [3.8, 4) is 5.75 Å². The van der Waals surface area contributed by atoms with E-state index in [4.69, 9.17) is 5.11 Å². The number of amides is 2. The van der Waals surface area contributed by atoms with Gasteiger partial charge in [0, 0.05) is 6.04 Å². The lowest BCUT2D eigenvalue weighted by Crippen LogP contribution is -2.44. The van der Waals surface area contributed by atoms with E-state index in [1.165, 1.54) is 12.1 Å². The molecule has 7 nitrogen and oxygen atoms in total. The van der Waals surface area contributed by atoms with Crippen LogP contribution in [0.15, 0.2) is 18.2 Å². The summed E-state index contributed by atoms with van der Waals surface area (Å²) in [6.45, 7) is 1.87. The molecule has 1 aliphatic rings. The number of carbonyl (C=O) groups is 2. The van der Waals surface area contributed by atoms with Gasteiger partial charge < -0.3 is 25.7 Å². The summed E-state index contributed by atoms with van der Waals surface area (Å²) < 4.78 is 0. The number of phenolic OH excluding ortho intramolecular Hbond substituents is 1. The number of hydrogen-bond acceptors (Lipinski definition) is 4. The van der Waals surface area contributed by atoms with Crippen LogP contribution in [-0.4, -0.2) is 53.3 Å². The lowest BCUT2D eigenvalue weighted by Gasteiger charge is -2.29. The maximum atomic E-state index is 11.9. The normalized spacial score (nSPS) is 16.4. The monoisotopic (exact) mass is 293 g/mol. The minimum absolute atomic E-state index is 0.0335. The number of anilines is 1. The number of carbonyl (C=O) groups excluding carboxylic acids is 1. The van der Waals surface area contributed by atoms with Crippen LogP contribution < -0.4 is 10.6 Å². The van der Waals surface area contributed by atoms with Crippen LogP contribution in [-0.2, 0) is 0 Å². The molecule has 1 aromatic carbocycles. The van der Waals surface area contributed by atoms with Crippen LogP contribution in [0.25, 0.3) is 0 Å². The molecule has 0 unspecified atom stereocenters. The third-order valence-electron chi connectivity index (χ3n) is 3.55. The van der Waals surface area contributed by atoms with Gasteiger partial charge in [-0.1, -0.05) is 0 Å². The molecule has 1 heterocycles. The van der Waals surface area contributed by atoms with E-state index in [-0.39, 0.29) is 23.0 Å². The Morgan fingerprint density at radius 1 is 1.29 bits per heavy atom. The number of piperidine rings is 1. The van der Waals surface area contributed by atoms with Crippen LogP contribution in [0.4, 0.5) is 10.5 Å². The highest BCUT2D eigenvalue weighted by Crippen LogP contribution is 2.24. The third kappa shape index (κ3) is 4.09. The molecular weight excluding hydrogens is 274 g/mol. The quantitative estimate of drug-likeness (QED) is 0.629. The Morgan fingerprint density at radius 3 is 2.52 bits per heavy atom. The molecular formula is C14H19N3O4. The molecule has 0 bridgehead atoms. The minimum Gasteiger partial charge on any atom is -0.506 e. The molecule has 0 aromatic heterocycles. The van der Waals surface area contributed by atoms with Gasteiger partial charge in [-0.15, -0.1) is 0 Å². The molecule has 0 aliphatic carbocycles. The number of carboxylic acids is 1. The number of nitrogens with zero attached hydrogens (tertiary/aromatic N) is 1. The lowest BCUT2D eigenvalue weighted by molar-refractivity contribution is 0.0696. The predicted octanol–water partition coefficient (Wildman–Crippen LogP) is 1.31. The SMILES string of the molecule is CN1CCC(NC(=O)Nc2ccc(C(=O)O)cc2O)CC1. The molecule has 1 aromatic rings. The zero-order valence-corrected chi connectivity index (χ0v) is 11.8. The summed E-state index contributed by atoms with van der Waals surface area (Å²) in [4.78, 5) is 24.8. The number of phenols is 1. The number of nitrogens with one attached hydrogen (secondary N) is 2. The highest BCUT2D eigenvalue weighted by Gasteiger charge is 2.19. The molecule has 1 saturated heterocycles. The van der Waals surface area contributed by atoms with Crippen molar-refractivity contribution in [2.75, 3.05) is 25.5 Å². The number of rotatable bonds is 3. The second-order valence-electron chi connectivity index (χ2n) is 5.21. The first-order chi connectivity index (χ1) is 9.95. The predicted molar refractivity (Wildman–Crippen MR) is 77.7 cm³/mol. The Morgan fingerprint density at radius 2 is 1.95 bits per heavy atom. The second-order valence-corrected chi connectivity index (χ2v) is 5.21. The van der Waals surface area contributed by atoms with Crippen LogP contribution in [0.2, 0.25) is 0 Å². The van der Waals surface area contributed by atoms with E-state index in [2.05, 4.69) is 15.5 Å². The molecule has 7 heteroatoms. The Hall–Kier alpha value is -2.28. The highest BCUT2D eigenvalue weighted by molar-refractivity contribution is 5.93. The van der Waals surface area contributed by atoms with Crippen molar-refractivity contribution < 1.29 is 19.8 Å². The van der Waals surface area contributed by atoms with E-state index in [9.17, 15) is 14.7 Å². The summed E-state index contributed by atoms with van der Waals surface area (Å²) >= 11 is 0. The maximum Gasteiger partial charge on any atom is 0.335 e. The fraction of sp³-hybridized carbons (Fsp3) is 0.429. The highest BCUT2D eigenvalue weighted by atomic mass is 16.4. The molecule has 2 rings (SSSR count). The van der Waals surface area contributed by atoms with Crippen molar-refractivity contribution >= 4 is 17.7 Å². The maximum absolute atomic E-state index is 11.9. The Labute approximate surface area is 122 Å². The van der Waals surface area contributed by atoms with Gasteiger partial charge in [0.1, 0.15) is 5.75 Å². The van der Waals surface area contributed by atoms with Gasteiger partial charge in [0.05, 0.1) is 11.3 Å². The zero-order valence-electron chi connectivity index (χ0n) is 11.8. The van der Waals surface area contributed by atoms with Crippen molar-refractivity contribution in [1.29, 1.82) is 0 Å². The molecule has 2 amide bonds. The van der Waals surface area contributed by atoms with E-state index >= 15 is 0 Å². The number of aromatic hydroxyl groups is 1. The molecule has 21 heavy (non-hydrogen) atoms. The fourth-order valence-corrected chi connectivity index (χ4v) is 2.27. The van der Waals surface area contributed by atoms with Crippen LogP contribution in [0, 0.1) is 0 Å². The zero-order chi connectivity index (χ0) is 15.4. The van der Waals surface area contributed by atoms with Gasteiger partial charge in [-0.05, 0) is 51.2 Å². The summed E-state index contributed by atoms with van der Waals surface area (Å²) in [5, 5.41) is 23.9. The van der Waals surface area contributed by atoms with Gasteiger partial charge in [-0.25, -0.2) is 9.59 Å². The fourth-order valence-electron chi connectivity index (χ4n) is 2.27. The van der Waals surface area contributed by atoms with E-state index in [0.717, 1.165) is 32.0 Å². The number of carboxylic acid groups (broad SMARTS) is 1. The lowest BCUT2D eigenvalue weighted by atomic mass is 10.1. The van der Waals surface area contributed by atoms with Crippen molar-refractivity contribution in [2.45, 2.75) is 18.9 Å². The summed E-state index contributed by atoms with van der Waals surface area (Å²) in [7, 11) is 2.04. The van der Waals surface area contributed by atoms with Gasteiger partial charge in [-0.3, -0.25) is 0 Å². The molecule has 0 radical (unpaired) electrons. The van der Waals surface area contributed by atoms with Crippen molar-refractivity contribution in [1.82, 2.24) is 10.2 Å². The molecule has 1 fully saturated rings. The summed E-state index contributed by atoms with van der Waals surface area (Å²) in [5.74, 6) is -1.40. The number of aromatic carboxylic acids is 1. The average Bonchev–Trinajstić information content (AvgIpc) is 2.43. The van der Waals surface area contributed by atoms with E-state index in [0.29, 0.717) is 0 Å². The molecule has 114 valence electrons. The van der Waals surface area contributed by atoms with E-state index in [1.807, 2.05) is 7.05 Å². The number of hydrogen-bond donors (Lipinski definition) is 4. The standard InChI is InChI=1S/C14H19N3O4/c1-17-6-4-10(5-7-17)15-14(21)16-11-3-2-9(13(19)20)8-12(11)18/h2-3,8,10,18H,4-7H2,1H3,(H,19,20)(H2,15,16,21). The molecule has 4 N–H and O–H groups in total. The summed E-state index contributed by atoms with van der Waals surface area (Å²) in [6, 6.07) is 3.51. The molecule has 0 atom stereocenters. The third-order valence-corrected chi connectivity index (χ3v) is 3.55. The van der Waals surface area contributed by atoms with Crippen LogP contribution in [0.3, 0.4) is 0 Å². The van der Waals surface area contributed by atoms with Gasteiger partial charge in [0.2, 0.25) is 0 Å². The number of likely N-dealkylation sites (tertiary alicyclic amines) is 1. The van der Waals surface area contributed by atoms with Crippen LogP contribution in [0.5, 0.6) is 5.75 Å². The summed E-state index contributed by atoms with van der Waals surface area (Å²) in [6.07, 6.45) is 1.77. The smallest absolute Gasteiger partial charge is 0.335 e. The number of urea groups is 1. The molecule has 0 spiro atoms. The molecule has 0 saturated carbocycles. The Bertz CT molecular complexity index is 539. The van der Waals surface area contributed by atoms with Gasteiger partial charge in [0.25, 0.3) is 0 Å². The van der Waals surface area contributed by atoms with E-state index < -0.39 is 12.0 Å². The minimum atomic E-state index is -1.13. The van der Waals surface area contributed by atoms with Crippen molar-refractivity contribution in [3.05, 3.63) is 23.8 Å². The summed E-state index contributed by atoms with van der Waals surface area (Å²) in [5.41, 5.74) is 0.152. The number of benzene rings is 1. The van der Waals surface area contributed by atoms with Crippen LogP contribution >= 0.6 is 0 Å². The van der Waals surface area contributed by atoms with Crippen molar-refractivity contribution in [3.63, 3.8) is 0 Å². The Kier molecular flexibility index (Phi) is 4.64. The topological polar surface area (TPSA) is 102 Å². The second kappa shape index (κ2) is 6.45. The van der Waals surface area contributed by atoms with Gasteiger partial charge in [-0.2, -0.15) is 0 Å². The first-order valence-corrected chi connectivity index (χ1v) is 6.78. The van der Waals surface area contributed by atoms with Crippen LogP contribution in [0.1, 0.15) is 23.2 Å².